The molecule has 1 heterocycles. The summed E-state index contributed by atoms with van der Waals surface area (Å²) in [5, 5.41) is 16.9. The Morgan fingerprint density at radius 1 is 1.38 bits per heavy atom. The van der Waals surface area contributed by atoms with E-state index in [-0.39, 0.29) is 0 Å². The van der Waals surface area contributed by atoms with Crippen molar-refractivity contribution in [3.05, 3.63) is 45.4 Å². The monoisotopic (exact) mass is 253 g/mol. The van der Waals surface area contributed by atoms with Crippen LogP contribution in [0.4, 0.5) is 0 Å². The van der Waals surface area contributed by atoms with Gasteiger partial charge < -0.3 is 5.21 Å². The molecule has 0 amide bonds. The molecule has 0 aliphatic carbocycles. The summed E-state index contributed by atoms with van der Waals surface area (Å²) in [5.74, 6) is 0. The van der Waals surface area contributed by atoms with Gasteiger partial charge in [-0.2, -0.15) is 0 Å². The lowest BCUT2D eigenvalue weighted by Crippen LogP contribution is -2.05. The van der Waals surface area contributed by atoms with Crippen LogP contribution >= 0.6 is 23.1 Å². The summed E-state index contributed by atoms with van der Waals surface area (Å²) in [6, 6.07) is 7.01. The standard InChI is InChI=1S/C10H8ClN3OS/c1-6-9(12-14-16-6)10(13-15)7-2-4-8(11)5-3-7/h2-5,15H,1H3/b13-10-. The first-order chi connectivity index (χ1) is 7.72. The first kappa shape index (κ1) is 11.0. The number of benzene rings is 1. The van der Waals surface area contributed by atoms with Gasteiger partial charge in [-0.1, -0.05) is 33.4 Å². The van der Waals surface area contributed by atoms with Gasteiger partial charge in [-0.15, -0.1) is 5.10 Å². The smallest absolute Gasteiger partial charge is 0.138 e. The normalized spacial score (nSPS) is 11.8. The quantitative estimate of drug-likeness (QED) is 0.509. The molecule has 0 spiro atoms. The molecule has 2 aromatic rings. The summed E-state index contributed by atoms with van der Waals surface area (Å²) in [6.07, 6.45) is 0. The van der Waals surface area contributed by atoms with Crippen LogP contribution < -0.4 is 0 Å². The summed E-state index contributed by atoms with van der Waals surface area (Å²) in [6.45, 7) is 1.88. The Morgan fingerprint density at radius 2 is 2.06 bits per heavy atom. The van der Waals surface area contributed by atoms with Crippen molar-refractivity contribution in [3.63, 3.8) is 0 Å². The van der Waals surface area contributed by atoms with E-state index in [0.29, 0.717) is 16.4 Å². The number of rotatable bonds is 2. The fourth-order valence-corrected chi connectivity index (χ4v) is 1.89. The Morgan fingerprint density at radius 3 is 2.56 bits per heavy atom. The second kappa shape index (κ2) is 4.59. The van der Waals surface area contributed by atoms with Crippen molar-refractivity contribution in [1.82, 2.24) is 9.59 Å². The summed E-state index contributed by atoms with van der Waals surface area (Å²) in [5.41, 5.74) is 1.75. The number of aryl methyl sites for hydroxylation is 1. The highest BCUT2D eigenvalue weighted by Crippen LogP contribution is 2.17. The van der Waals surface area contributed by atoms with E-state index in [2.05, 4.69) is 14.7 Å². The zero-order valence-electron chi connectivity index (χ0n) is 8.38. The molecule has 0 atom stereocenters. The lowest BCUT2D eigenvalue weighted by atomic mass is 10.1. The number of oxime groups is 1. The Hall–Kier alpha value is -1.46. The molecule has 6 heteroatoms. The van der Waals surface area contributed by atoms with Crippen molar-refractivity contribution < 1.29 is 5.21 Å². The van der Waals surface area contributed by atoms with Crippen molar-refractivity contribution in [2.45, 2.75) is 6.92 Å². The highest BCUT2D eigenvalue weighted by atomic mass is 35.5. The first-order valence-corrected chi connectivity index (χ1v) is 5.65. The molecular formula is C10H8ClN3OS. The SMILES string of the molecule is Cc1snnc1/C(=N\O)c1ccc(Cl)cc1. The lowest BCUT2D eigenvalue weighted by molar-refractivity contribution is 0.319. The first-order valence-electron chi connectivity index (χ1n) is 4.49. The van der Waals surface area contributed by atoms with Gasteiger partial charge >= 0.3 is 0 Å². The van der Waals surface area contributed by atoms with Crippen LogP contribution in [0.5, 0.6) is 0 Å². The van der Waals surface area contributed by atoms with Crippen LogP contribution in [-0.2, 0) is 0 Å². The van der Waals surface area contributed by atoms with Crippen molar-refractivity contribution in [3.8, 4) is 0 Å². The van der Waals surface area contributed by atoms with E-state index >= 15 is 0 Å². The fraction of sp³-hybridized carbons (Fsp3) is 0.100. The van der Waals surface area contributed by atoms with Crippen molar-refractivity contribution in [2.75, 3.05) is 0 Å². The highest BCUT2D eigenvalue weighted by molar-refractivity contribution is 7.05. The Balaban J connectivity index is 2.46. The van der Waals surface area contributed by atoms with Gasteiger partial charge in [-0.3, -0.25) is 0 Å². The molecule has 0 saturated heterocycles. The minimum absolute atomic E-state index is 0.405. The highest BCUT2D eigenvalue weighted by Gasteiger charge is 2.14. The summed E-state index contributed by atoms with van der Waals surface area (Å²) in [4.78, 5) is 0.905. The molecule has 1 aromatic heterocycles. The largest absolute Gasteiger partial charge is 0.410 e. The van der Waals surface area contributed by atoms with Gasteiger partial charge in [0, 0.05) is 10.6 Å². The predicted octanol–water partition coefficient (Wildman–Crippen LogP) is 2.73. The van der Waals surface area contributed by atoms with Crippen LogP contribution in [0.2, 0.25) is 5.02 Å². The van der Waals surface area contributed by atoms with E-state index in [1.807, 2.05) is 6.92 Å². The number of hydrogen-bond acceptors (Lipinski definition) is 5. The maximum atomic E-state index is 9.04. The van der Waals surface area contributed by atoms with E-state index in [1.54, 1.807) is 24.3 Å². The molecule has 0 aliphatic rings. The second-order valence-corrected chi connectivity index (χ2v) is 4.53. The summed E-state index contributed by atoms with van der Waals surface area (Å²) >= 11 is 7.05. The van der Waals surface area contributed by atoms with E-state index in [4.69, 9.17) is 16.8 Å². The molecule has 2 rings (SSSR count). The average molecular weight is 254 g/mol. The van der Waals surface area contributed by atoms with Gasteiger partial charge in [0.25, 0.3) is 0 Å². The Kier molecular flexibility index (Phi) is 3.17. The minimum atomic E-state index is 0.405. The molecule has 0 unspecified atom stereocenters. The average Bonchev–Trinajstić information content (AvgIpc) is 2.69. The number of hydrogen-bond donors (Lipinski definition) is 1. The van der Waals surface area contributed by atoms with Gasteiger partial charge in [0.05, 0.1) is 4.88 Å². The van der Waals surface area contributed by atoms with Crippen LogP contribution in [0, 0.1) is 6.92 Å². The maximum Gasteiger partial charge on any atom is 0.138 e. The second-order valence-electron chi connectivity index (χ2n) is 3.13. The van der Waals surface area contributed by atoms with Gasteiger partial charge in [0.15, 0.2) is 0 Å². The minimum Gasteiger partial charge on any atom is -0.410 e. The molecule has 4 nitrogen and oxygen atoms in total. The predicted molar refractivity (Wildman–Crippen MR) is 63.5 cm³/mol. The molecule has 0 fully saturated rings. The van der Waals surface area contributed by atoms with Gasteiger partial charge in [-0.05, 0) is 30.6 Å². The molecule has 0 radical (unpaired) electrons. The molecular weight excluding hydrogens is 246 g/mol. The fourth-order valence-electron chi connectivity index (χ4n) is 1.30. The topological polar surface area (TPSA) is 58.4 Å². The van der Waals surface area contributed by atoms with Gasteiger partial charge in [0.1, 0.15) is 11.4 Å². The van der Waals surface area contributed by atoms with Crippen molar-refractivity contribution in [1.29, 1.82) is 0 Å². The van der Waals surface area contributed by atoms with Gasteiger partial charge in [0.2, 0.25) is 0 Å². The third kappa shape index (κ3) is 2.05. The van der Waals surface area contributed by atoms with E-state index in [0.717, 1.165) is 10.4 Å². The van der Waals surface area contributed by atoms with Crippen LogP contribution in [-0.4, -0.2) is 20.5 Å². The molecule has 0 saturated carbocycles. The Bertz CT molecular complexity index is 521. The third-order valence-corrected chi connectivity index (χ3v) is 2.98. The maximum absolute atomic E-state index is 9.04. The van der Waals surface area contributed by atoms with E-state index in [9.17, 15) is 0 Å². The van der Waals surface area contributed by atoms with Crippen LogP contribution in [0.3, 0.4) is 0 Å². The Labute approximate surface area is 101 Å². The number of aromatic nitrogens is 2. The molecule has 1 N–H and O–H groups in total. The van der Waals surface area contributed by atoms with Crippen molar-refractivity contribution in [2.24, 2.45) is 5.16 Å². The number of nitrogens with zero attached hydrogens (tertiary/aromatic N) is 3. The van der Waals surface area contributed by atoms with E-state index in [1.165, 1.54) is 11.5 Å². The van der Waals surface area contributed by atoms with Crippen LogP contribution in [0.15, 0.2) is 29.4 Å². The zero-order chi connectivity index (χ0) is 11.5. The summed E-state index contributed by atoms with van der Waals surface area (Å²) < 4.78 is 3.81. The zero-order valence-corrected chi connectivity index (χ0v) is 9.96. The molecule has 16 heavy (non-hydrogen) atoms. The van der Waals surface area contributed by atoms with Gasteiger partial charge in [-0.25, -0.2) is 0 Å². The summed E-state index contributed by atoms with van der Waals surface area (Å²) in [7, 11) is 0. The molecule has 0 aliphatic heterocycles. The molecule has 0 bridgehead atoms. The molecule has 1 aromatic carbocycles. The lowest BCUT2D eigenvalue weighted by Gasteiger charge is -2.01. The van der Waals surface area contributed by atoms with Crippen molar-refractivity contribution >= 4 is 28.8 Å². The van der Waals surface area contributed by atoms with E-state index < -0.39 is 0 Å². The van der Waals surface area contributed by atoms with Crippen LogP contribution in [0.25, 0.3) is 0 Å². The third-order valence-electron chi connectivity index (χ3n) is 2.09. The molecule has 82 valence electrons. The van der Waals surface area contributed by atoms with Crippen LogP contribution in [0.1, 0.15) is 16.1 Å². The number of halogens is 1.